The summed E-state index contributed by atoms with van der Waals surface area (Å²) in [6, 6.07) is -4.35. The van der Waals surface area contributed by atoms with Crippen LogP contribution in [0.15, 0.2) is 0 Å². The van der Waals surface area contributed by atoms with E-state index in [4.69, 9.17) is 16.6 Å². The predicted octanol–water partition coefficient (Wildman–Crippen LogP) is -0.451. The zero-order chi connectivity index (χ0) is 26.4. The summed E-state index contributed by atoms with van der Waals surface area (Å²) >= 11 is 0. The third-order valence-corrected chi connectivity index (χ3v) is 5.16. The maximum absolute atomic E-state index is 13.0. The standard InChI is InChI=1S/C22H41N5O7/c1-12(2)11-16(26-19(30)14(24)7-5-6-10-23)21(32)25-15(8-9-17(28)29)20(31)27-18(13(3)4)22(33)34/h12-16,18H,5-11,23-24H2,1-4H3,(H,25,32)(H,26,30)(H,27,31)(H,28,29)(H,33,34). The number of unbranched alkanes of at least 4 members (excludes halogenated alkanes) is 1. The third kappa shape index (κ3) is 12.5. The minimum absolute atomic E-state index is 0.00754. The largest absolute Gasteiger partial charge is 0.481 e. The second-order valence-electron chi connectivity index (χ2n) is 9.14. The van der Waals surface area contributed by atoms with Crippen LogP contribution >= 0.6 is 0 Å². The van der Waals surface area contributed by atoms with Gasteiger partial charge in [0.1, 0.15) is 18.1 Å². The molecule has 0 aromatic carbocycles. The Kier molecular flexibility index (Phi) is 14.7. The van der Waals surface area contributed by atoms with Gasteiger partial charge in [0.15, 0.2) is 0 Å². The number of carbonyl (C=O) groups is 5. The number of hydrogen-bond acceptors (Lipinski definition) is 7. The first-order valence-corrected chi connectivity index (χ1v) is 11.6. The molecule has 0 aliphatic carbocycles. The number of nitrogens with two attached hydrogens (primary N) is 2. The van der Waals surface area contributed by atoms with Crippen molar-refractivity contribution in [2.75, 3.05) is 6.54 Å². The van der Waals surface area contributed by atoms with E-state index in [0.717, 1.165) is 0 Å². The van der Waals surface area contributed by atoms with Crippen LogP contribution in [0, 0.1) is 11.8 Å². The Morgan fingerprint density at radius 1 is 0.794 bits per heavy atom. The first-order chi connectivity index (χ1) is 15.8. The summed E-state index contributed by atoms with van der Waals surface area (Å²) in [6.07, 6.45) is 1.34. The smallest absolute Gasteiger partial charge is 0.326 e. The van der Waals surface area contributed by atoms with Crippen LogP contribution in [0.3, 0.4) is 0 Å². The summed E-state index contributed by atoms with van der Waals surface area (Å²) in [5, 5.41) is 25.8. The van der Waals surface area contributed by atoms with Gasteiger partial charge in [-0.15, -0.1) is 0 Å². The van der Waals surface area contributed by atoms with Gasteiger partial charge in [0.05, 0.1) is 6.04 Å². The van der Waals surface area contributed by atoms with Crippen molar-refractivity contribution in [3.63, 3.8) is 0 Å². The van der Waals surface area contributed by atoms with Crippen LogP contribution < -0.4 is 27.4 Å². The summed E-state index contributed by atoms with van der Waals surface area (Å²) in [4.78, 5) is 60.7. The van der Waals surface area contributed by atoms with E-state index in [-0.39, 0.29) is 18.8 Å². The average Bonchev–Trinajstić information content (AvgIpc) is 2.72. The van der Waals surface area contributed by atoms with Crippen molar-refractivity contribution in [2.45, 2.75) is 90.4 Å². The monoisotopic (exact) mass is 487 g/mol. The first-order valence-electron chi connectivity index (χ1n) is 11.6. The van der Waals surface area contributed by atoms with Gasteiger partial charge >= 0.3 is 11.9 Å². The van der Waals surface area contributed by atoms with Gasteiger partial charge in [-0.25, -0.2) is 4.79 Å². The Hall–Kier alpha value is -2.73. The molecule has 0 saturated carbocycles. The molecular weight excluding hydrogens is 446 g/mol. The fraction of sp³-hybridized carbons (Fsp3) is 0.773. The molecule has 0 rings (SSSR count). The second-order valence-corrected chi connectivity index (χ2v) is 9.14. The maximum atomic E-state index is 13.0. The molecule has 0 spiro atoms. The van der Waals surface area contributed by atoms with Crippen LogP contribution in [-0.2, 0) is 24.0 Å². The molecule has 0 fully saturated rings. The molecule has 0 saturated heterocycles. The Labute approximate surface area is 200 Å². The molecule has 0 bridgehead atoms. The van der Waals surface area contributed by atoms with E-state index in [0.29, 0.717) is 25.8 Å². The van der Waals surface area contributed by atoms with Crippen LogP contribution in [0.5, 0.6) is 0 Å². The van der Waals surface area contributed by atoms with Gasteiger partial charge in [0.25, 0.3) is 0 Å². The lowest BCUT2D eigenvalue weighted by Gasteiger charge is -2.26. The highest BCUT2D eigenvalue weighted by Gasteiger charge is 2.31. The van der Waals surface area contributed by atoms with Crippen molar-refractivity contribution < 1.29 is 34.2 Å². The normalized spacial score (nSPS) is 14.7. The van der Waals surface area contributed by atoms with Crippen LogP contribution in [0.2, 0.25) is 0 Å². The topological polar surface area (TPSA) is 214 Å². The predicted molar refractivity (Wildman–Crippen MR) is 125 cm³/mol. The first kappa shape index (κ1) is 31.3. The number of carbonyl (C=O) groups excluding carboxylic acids is 3. The van der Waals surface area contributed by atoms with Gasteiger partial charge in [-0.3, -0.25) is 19.2 Å². The lowest BCUT2D eigenvalue weighted by atomic mass is 10.0. The number of rotatable bonds is 17. The second kappa shape index (κ2) is 16.0. The number of hydrogen-bond donors (Lipinski definition) is 7. The van der Waals surface area contributed by atoms with E-state index in [2.05, 4.69) is 16.0 Å². The van der Waals surface area contributed by atoms with E-state index in [9.17, 15) is 29.1 Å². The van der Waals surface area contributed by atoms with Crippen molar-refractivity contribution in [2.24, 2.45) is 23.3 Å². The van der Waals surface area contributed by atoms with Gasteiger partial charge in [-0.2, -0.15) is 0 Å². The van der Waals surface area contributed by atoms with Crippen molar-refractivity contribution in [3.05, 3.63) is 0 Å². The zero-order valence-electron chi connectivity index (χ0n) is 20.5. The summed E-state index contributed by atoms with van der Waals surface area (Å²) < 4.78 is 0. The van der Waals surface area contributed by atoms with Crippen molar-refractivity contribution in [1.29, 1.82) is 0 Å². The molecule has 0 aromatic rings. The molecule has 34 heavy (non-hydrogen) atoms. The average molecular weight is 488 g/mol. The molecule has 0 aromatic heterocycles. The van der Waals surface area contributed by atoms with Crippen LogP contribution in [0.25, 0.3) is 0 Å². The third-order valence-electron chi connectivity index (χ3n) is 5.16. The van der Waals surface area contributed by atoms with Crippen LogP contribution in [0.4, 0.5) is 0 Å². The molecule has 0 radical (unpaired) electrons. The Morgan fingerprint density at radius 3 is 1.82 bits per heavy atom. The van der Waals surface area contributed by atoms with E-state index in [1.807, 2.05) is 13.8 Å². The summed E-state index contributed by atoms with van der Waals surface area (Å²) in [7, 11) is 0. The molecule has 196 valence electrons. The molecule has 12 nitrogen and oxygen atoms in total. The molecule has 3 amide bonds. The molecular formula is C22H41N5O7. The number of nitrogens with one attached hydrogen (secondary N) is 3. The zero-order valence-corrected chi connectivity index (χ0v) is 20.5. The lowest BCUT2D eigenvalue weighted by molar-refractivity contribution is -0.144. The molecule has 0 heterocycles. The van der Waals surface area contributed by atoms with Crippen LogP contribution in [0.1, 0.15) is 66.2 Å². The lowest BCUT2D eigenvalue weighted by Crippen LogP contribution is -2.57. The van der Waals surface area contributed by atoms with Gasteiger partial charge in [0.2, 0.25) is 17.7 Å². The van der Waals surface area contributed by atoms with Gasteiger partial charge in [-0.05, 0) is 44.1 Å². The quantitative estimate of drug-likeness (QED) is 0.132. The molecule has 4 unspecified atom stereocenters. The number of amides is 3. The van der Waals surface area contributed by atoms with E-state index < -0.39 is 66.2 Å². The minimum Gasteiger partial charge on any atom is -0.481 e. The van der Waals surface area contributed by atoms with Crippen LogP contribution in [-0.4, -0.2) is 70.6 Å². The SMILES string of the molecule is CC(C)CC(NC(=O)C(N)CCCCN)C(=O)NC(CCC(=O)O)C(=O)NC(C(=O)O)C(C)C. The number of carboxylic acid groups (broad SMARTS) is 2. The summed E-state index contributed by atoms with van der Waals surface area (Å²) in [5.74, 6) is -4.88. The van der Waals surface area contributed by atoms with Gasteiger partial charge in [0, 0.05) is 6.42 Å². The number of carboxylic acids is 2. The molecule has 12 heteroatoms. The van der Waals surface area contributed by atoms with E-state index in [1.165, 1.54) is 0 Å². The van der Waals surface area contributed by atoms with E-state index in [1.54, 1.807) is 13.8 Å². The van der Waals surface area contributed by atoms with Crippen molar-refractivity contribution in [1.82, 2.24) is 16.0 Å². The van der Waals surface area contributed by atoms with E-state index >= 15 is 0 Å². The minimum atomic E-state index is -1.30. The molecule has 0 aliphatic heterocycles. The molecule has 0 aliphatic rings. The maximum Gasteiger partial charge on any atom is 0.326 e. The highest BCUT2D eigenvalue weighted by molar-refractivity contribution is 5.94. The highest BCUT2D eigenvalue weighted by atomic mass is 16.4. The van der Waals surface area contributed by atoms with Crippen molar-refractivity contribution >= 4 is 29.7 Å². The Balaban J connectivity index is 5.48. The van der Waals surface area contributed by atoms with Gasteiger partial charge in [-0.1, -0.05) is 34.1 Å². The fourth-order valence-electron chi connectivity index (χ4n) is 3.20. The molecule has 4 atom stereocenters. The number of aliphatic carboxylic acids is 2. The highest BCUT2D eigenvalue weighted by Crippen LogP contribution is 2.09. The Morgan fingerprint density at radius 2 is 1.35 bits per heavy atom. The summed E-state index contributed by atoms with van der Waals surface area (Å²) in [5.41, 5.74) is 11.4. The fourth-order valence-corrected chi connectivity index (χ4v) is 3.20. The molecule has 9 N–H and O–H groups in total. The van der Waals surface area contributed by atoms with Crippen molar-refractivity contribution in [3.8, 4) is 0 Å². The summed E-state index contributed by atoms with van der Waals surface area (Å²) in [6.45, 7) is 7.39. The Bertz CT molecular complexity index is 699. The van der Waals surface area contributed by atoms with Gasteiger partial charge < -0.3 is 37.6 Å².